The Morgan fingerprint density at radius 1 is 0.321 bits per heavy atom. The topological polar surface area (TPSA) is 29.0 Å². The Balaban J connectivity index is 1.17. The summed E-state index contributed by atoms with van der Waals surface area (Å²) < 4.78 is 0. The number of halogens is 1. The van der Waals surface area contributed by atoms with Crippen LogP contribution in [0.5, 0.6) is 0 Å². The van der Waals surface area contributed by atoms with Gasteiger partial charge in [0.2, 0.25) is 0 Å². The smallest absolute Gasteiger partial charge is 0.160 e. The molecular formula is C52H36ClN3. The van der Waals surface area contributed by atoms with Gasteiger partial charge in [0.1, 0.15) is 0 Å². The maximum absolute atomic E-state index is 7.11. The monoisotopic (exact) mass is 737 g/mol. The van der Waals surface area contributed by atoms with Crippen LogP contribution in [0.15, 0.2) is 218 Å². The molecule has 8 aromatic carbocycles. The molecular weight excluding hydrogens is 702 g/mol. The lowest BCUT2D eigenvalue weighted by Crippen LogP contribution is -2.11. The summed E-state index contributed by atoms with van der Waals surface area (Å²) in [5.74, 6) is 0.641. The Morgan fingerprint density at radius 3 is 1.38 bits per heavy atom. The first-order chi connectivity index (χ1) is 27.7. The van der Waals surface area contributed by atoms with Crippen LogP contribution in [0.3, 0.4) is 0 Å². The summed E-state index contributed by atoms with van der Waals surface area (Å²) in [6, 6.07) is 75.7. The van der Waals surface area contributed by atoms with Crippen molar-refractivity contribution in [2.75, 3.05) is 4.90 Å². The van der Waals surface area contributed by atoms with Crippen molar-refractivity contribution in [2.45, 2.75) is 0 Å². The van der Waals surface area contributed by atoms with Crippen LogP contribution in [0.25, 0.3) is 67.3 Å². The Kier molecular flexibility index (Phi) is 9.74. The molecule has 0 saturated carbocycles. The Morgan fingerprint density at radius 2 is 0.768 bits per heavy atom. The molecule has 9 rings (SSSR count). The molecule has 0 aliphatic heterocycles. The second-order valence-electron chi connectivity index (χ2n) is 13.6. The number of hydrogen-bond acceptors (Lipinski definition) is 3. The SMILES string of the molecule is Clc1ccc(N(c2ccc(-c3ccc(-c4ccccc4)cc3)cc2)c2ccccc2-c2ccccc2)cc1-c1cc(-c2ccccc2)nc(-c2ccccc2)n1. The molecule has 0 fully saturated rings. The zero-order chi connectivity index (χ0) is 37.7. The number of hydrogen-bond donors (Lipinski definition) is 0. The normalized spacial score (nSPS) is 10.9. The summed E-state index contributed by atoms with van der Waals surface area (Å²) in [5.41, 5.74) is 14.3. The Labute approximate surface area is 332 Å². The highest BCUT2D eigenvalue weighted by atomic mass is 35.5. The van der Waals surface area contributed by atoms with Crippen LogP contribution >= 0.6 is 11.6 Å². The molecule has 4 heteroatoms. The lowest BCUT2D eigenvalue weighted by atomic mass is 9.99. The van der Waals surface area contributed by atoms with Crippen LogP contribution < -0.4 is 4.90 Å². The third kappa shape index (κ3) is 7.24. The molecule has 9 aromatic rings. The van der Waals surface area contributed by atoms with Crippen LogP contribution in [-0.4, -0.2) is 9.97 Å². The van der Waals surface area contributed by atoms with Crippen LogP contribution in [-0.2, 0) is 0 Å². The molecule has 0 aliphatic carbocycles. The molecule has 0 spiro atoms. The summed E-state index contributed by atoms with van der Waals surface area (Å²) in [4.78, 5) is 12.5. The predicted molar refractivity (Wildman–Crippen MR) is 234 cm³/mol. The molecule has 1 heterocycles. The highest BCUT2D eigenvalue weighted by Gasteiger charge is 2.20. The minimum atomic E-state index is 0.607. The van der Waals surface area contributed by atoms with E-state index >= 15 is 0 Å². The fraction of sp³-hybridized carbons (Fsp3) is 0. The molecule has 3 nitrogen and oxygen atoms in total. The van der Waals surface area contributed by atoms with Gasteiger partial charge in [-0.1, -0.05) is 188 Å². The van der Waals surface area contributed by atoms with Crippen LogP contribution in [0, 0.1) is 0 Å². The molecule has 266 valence electrons. The standard InChI is InChI=1S/C52H36ClN3/c53-48-34-33-45(35-47(48)50-36-49(42-19-9-3-10-20-42)54-52(55-50)43-21-11-4-12-22-43)56(51-24-14-13-23-46(51)41-17-7-2-8-18-41)44-31-29-40(30-32-44)39-27-25-38(26-28-39)37-15-5-1-6-16-37/h1-36H. The maximum atomic E-state index is 7.11. The lowest BCUT2D eigenvalue weighted by Gasteiger charge is -2.28. The van der Waals surface area contributed by atoms with Gasteiger partial charge in [-0.3, -0.25) is 0 Å². The highest BCUT2D eigenvalue weighted by molar-refractivity contribution is 6.33. The number of para-hydroxylation sites is 1. The Hall–Kier alpha value is -7.07. The van der Waals surface area contributed by atoms with Crippen molar-refractivity contribution in [3.63, 3.8) is 0 Å². The largest absolute Gasteiger partial charge is 0.310 e. The van der Waals surface area contributed by atoms with Crippen molar-refractivity contribution in [2.24, 2.45) is 0 Å². The summed E-state index contributed by atoms with van der Waals surface area (Å²) in [6.07, 6.45) is 0. The lowest BCUT2D eigenvalue weighted by molar-refractivity contribution is 1.18. The molecule has 0 unspecified atom stereocenters. The van der Waals surface area contributed by atoms with Crippen molar-refractivity contribution >= 4 is 28.7 Å². The maximum Gasteiger partial charge on any atom is 0.160 e. The molecule has 0 atom stereocenters. The fourth-order valence-corrected chi connectivity index (χ4v) is 7.37. The average Bonchev–Trinajstić information content (AvgIpc) is 3.28. The van der Waals surface area contributed by atoms with Gasteiger partial charge in [0.15, 0.2) is 5.82 Å². The molecule has 0 radical (unpaired) electrons. The summed E-state index contributed by atoms with van der Waals surface area (Å²) in [5, 5.41) is 0.607. The number of nitrogens with zero attached hydrogens (tertiary/aromatic N) is 3. The molecule has 56 heavy (non-hydrogen) atoms. The van der Waals surface area contributed by atoms with E-state index in [0.29, 0.717) is 10.8 Å². The van der Waals surface area contributed by atoms with E-state index in [4.69, 9.17) is 21.6 Å². The second kappa shape index (κ2) is 15.7. The first-order valence-corrected chi connectivity index (χ1v) is 19.1. The molecule has 1 aromatic heterocycles. The van der Waals surface area contributed by atoms with E-state index in [1.165, 1.54) is 11.1 Å². The zero-order valence-corrected chi connectivity index (χ0v) is 31.3. The summed E-state index contributed by atoms with van der Waals surface area (Å²) >= 11 is 7.11. The van der Waals surface area contributed by atoms with Gasteiger partial charge >= 0.3 is 0 Å². The van der Waals surface area contributed by atoms with Crippen LogP contribution in [0.4, 0.5) is 17.1 Å². The number of anilines is 3. The first kappa shape index (κ1) is 34.7. The van der Waals surface area contributed by atoms with Crippen LogP contribution in [0.1, 0.15) is 0 Å². The van der Waals surface area contributed by atoms with Crippen molar-refractivity contribution in [3.8, 4) is 67.3 Å². The van der Waals surface area contributed by atoms with Gasteiger partial charge in [-0.2, -0.15) is 0 Å². The predicted octanol–water partition coefficient (Wildman–Crippen LogP) is 14.6. The molecule has 0 amide bonds. The van der Waals surface area contributed by atoms with E-state index in [-0.39, 0.29) is 0 Å². The van der Waals surface area contributed by atoms with E-state index < -0.39 is 0 Å². The van der Waals surface area contributed by atoms with Crippen molar-refractivity contribution < 1.29 is 0 Å². The van der Waals surface area contributed by atoms with Gasteiger partial charge < -0.3 is 4.90 Å². The van der Waals surface area contributed by atoms with E-state index in [1.807, 2.05) is 66.7 Å². The van der Waals surface area contributed by atoms with Crippen LogP contribution in [0.2, 0.25) is 5.02 Å². The average molecular weight is 738 g/mol. The number of benzene rings is 8. The van der Waals surface area contributed by atoms with Gasteiger partial charge in [0.05, 0.1) is 22.1 Å². The van der Waals surface area contributed by atoms with E-state index in [0.717, 1.165) is 67.4 Å². The van der Waals surface area contributed by atoms with Gasteiger partial charge in [-0.05, 0) is 70.3 Å². The van der Waals surface area contributed by atoms with Gasteiger partial charge in [0, 0.05) is 33.6 Å². The molecule has 0 aliphatic rings. The second-order valence-corrected chi connectivity index (χ2v) is 14.0. The van der Waals surface area contributed by atoms with Crippen molar-refractivity contribution in [1.29, 1.82) is 0 Å². The molecule has 0 bridgehead atoms. The summed E-state index contributed by atoms with van der Waals surface area (Å²) in [6.45, 7) is 0. The van der Waals surface area contributed by atoms with E-state index in [9.17, 15) is 0 Å². The van der Waals surface area contributed by atoms with Crippen molar-refractivity contribution in [3.05, 3.63) is 223 Å². The molecule has 0 saturated heterocycles. The van der Waals surface area contributed by atoms with Gasteiger partial charge in [0.25, 0.3) is 0 Å². The van der Waals surface area contributed by atoms with Crippen molar-refractivity contribution in [1.82, 2.24) is 9.97 Å². The highest BCUT2D eigenvalue weighted by Crippen LogP contribution is 2.44. The minimum absolute atomic E-state index is 0.607. The number of rotatable bonds is 9. The van der Waals surface area contributed by atoms with E-state index in [2.05, 4.69) is 157 Å². The first-order valence-electron chi connectivity index (χ1n) is 18.7. The third-order valence-corrected chi connectivity index (χ3v) is 10.3. The number of aromatic nitrogens is 2. The third-order valence-electron chi connectivity index (χ3n) is 9.99. The fourth-order valence-electron chi connectivity index (χ4n) is 7.15. The Bertz CT molecular complexity index is 2660. The summed E-state index contributed by atoms with van der Waals surface area (Å²) in [7, 11) is 0. The van der Waals surface area contributed by atoms with E-state index in [1.54, 1.807) is 0 Å². The molecule has 0 N–H and O–H groups in total. The quantitative estimate of drug-likeness (QED) is 0.148. The minimum Gasteiger partial charge on any atom is -0.310 e. The zero-order valence-electron chi connectivity index (χ0n) is 30.5. The van der Waals surface area contributed by atoms with Gasteiger partial charge in [-0.15, -0.1) is 0 Å². The van der Waals surface area contributed by atoms with Gasteiger partial charge in [-0.25, -0.2) is 9.97 Å².